The van der Waals surface area contributed by atoms with E-state index in [1.165, 1.54) is 51.5 Å². The number of hydrogen-bond donors (Lipinski definition) is 0. The number of hydrogen-bond acceptors (Lipinski definition) is 2. The van der Waals surface area contributed by atoms with Crippen LogP contribution in [0.1, 0.15) is 57.8 Å². The highest BCUT2D eigenvalue weighted by atomic mass is 16.1. The Morgan fingerprint density at radius 3 is 2.24 bits per heavy atom. The molecule has 0 amide bonds. The van der Waals surface area contributed by atoms with Crippen LogP contribution in [0.5, 0.6) is 0 Å². The molecule has 4 aliphatic rings. The lowest BCUT2D eigenvalue weighted by molar-refractivity contribution is -0.127. The minimum absolute atomic E-state index is 0.534. The Morgan fingerprint density at radius 1 is 1.06 bits per heavy atom. The smallest absolute Gasteiger partial charge is 0.136 e. The molecule has 2 saturated heterocycles. The van der Waals surface area contributed by atoms with E-state index >= 15 is 0 Å². The van der Waals surface area contributed by atoms with Crippen molar-refractivity contribution in [3.8, 4) is 0 Å². The van der Waals surface area contributed by atoms with Crippen LogP contribution in [0.2, 0.25) is 0 Å². The first kappa shape index (κ1) is 10.5. The maximum absolute atomic E-state index is 11.7. The lowest BCUT2D eigenvalue weighted by Crippen LogP contribution is -2.54. The first-order valence-corrected chi connectivity index (χ1v) is 7.54. The van der Waals surface area contributed by atoms with Gasteiger partial charge in [-0.3, -0.25) is 9.69 Å². The Morgan fingerprint density at radius 2 is 1.71 bits per heavy atom. The molecular weight excluding hydrogens is 210 g/mol. The highest BCUT2D eigenvalue weighted by Crippen LogP contribution is 2.62. The molecule has 2 unspecified atom stereocenters. The largest absolute Gasteiger partial charge is 0.300 e. The molecule has 0 aromatic heterocycles. The molecule has 4 fully saturated rings. The van der Waals surface area contributed by atoms with Gasteiger partial charge in [-0.1, -0.05) is 6.42 Å². The van der Waals surface area contributed by atoms with Crippen LogP contribution in [-0.4, -0.2) is 29.3 Å². The molecule has 2 atom stereocenters. The minimum atomic E-state index is 0.534. The Balaban J connectivity index is 1.51. The fourth-order valence-electron chi connectivity index (χ4n) is 4.44. The van der Waals surface area contributed by atoms with E-state index in [4.69, 9.17) is 0 Å². The van der Waals surface area contributed by atoms with Crippen molar-refractivity contribution in [3.63, 3.8) is 0 Å². The van der Waals surface area contributed by atoms with Crippen LogP contribution in [0.3, 0.4) is 0 Å². The predicted octanol–water partition coefficient (Wildman–Crippen LogP) is 2.76. The first-order chi connectivity index (χ1) is 8.27. The van der Waals surface area contributed by atoms with Crippen molar-refractivity contribution >= 4 is 5.78 Å². The van der Waals surface area contributed by atoms with Gasteiger partial charge in [-0.15, -0.1) is 0 Å². The molecule has 0 aromatic rings. The zero-order valence-electron chi connectivity index (χ0n) is 10.7. The van der Waals surface area contributed by atoms with Crippen LogP contribution < -0.4 is 0 Å². The molecule has 2 saturated carbocycles. The molecule has 0 radical (unpaired) electrons. The van der Waals surface area contributed by atoms with Crippen molar-refractivity contribution in [1.82, 2.24) is 4.90 Å². The van der Waals surface area contributed by atoms with E-state index in [2.05, 4.69) is 4.90 Å². The molecular formula is C15H23NO. The average Bonchev–Trinajstić information content (AvgIpc) is 3.12. The topological polar surface area (TPSA) is 20.3 Å². The summed E-state index contributed by atoms with van der Waals surface area (Å²) in [5.41, 5.74) is 0.716. The van der Waals surface area contributed by atoms with Gasteiger partial charge in [0, 0.05) is 31.5 Å². The normalized spacial score (nSPS) is 40.4. The highest BCUT2D eigenvalue weighted by Gasteiger charge is 2.55. The Bertz CT molecular complexity index is 327. The lowest BCUT2D eigenvalue weighted by atomic mass is 9.82. The quantitative estimate of drug-likeness (QED) is 0.747. The molecule has 2 bridgehead atoms. The van der Waals surface area contributed by atoms with Gasteiger partial charge in [-0.05, 0) is 49.9 Å². The maximum atomic E-state index is 11.7. The van der Waals surface area contributed by atoms with Gasteiger partial charge >= 0.3 is 0 Å². The van der Waals surface area contributed by atoms with Gasteiger partial charge in [0.25, 0.3) is 0 Å². The number of nitrogens with zero attached hydrogens (tertiary/aromatic N) is 1. The third kappa shape index (κ3) is 1.76. The van der Waals surface area contributed by atoms with E-state index in [0.717, 1.165) is 18.8 Å². The maximum Gasteiger partial charge on any atom is 0.136 e. The van der Waals surface area contributed by atoms with Crippen molar-refractivity contribution < 1.29 is 4.79 Å². The number of ketones is 1. The van der Waals surface area contributed by atoms with E-state index in [-0.39, 0.29) is 0 Å². The lowest BCUT2D eigenvalue weighted by Gasteiger charge is -2.47. The monoisotopic (exact) mass is 233 g/mol. The van der Waals surface area contributed by atoms with Gasteiger partial charge in [0.2, 0.25) is 0 Å². The van der Waals surface area contributed by atoms with Gasteiger partial charge in [-0.25, -0.2) is 0 Å². The molecule has 4 rings (SSSR count). The van der Waals surface area contributed by atoms with Gasteiger partial charge < -0.3 is 0 Å². The van der Waals surface area contributed by atoms with Crippen LogP contribution in [0.4, 0.5) is 0 Å². The molecule has 17 heavy (non-hydrogen) atoms. The Kier molecular flexibility index (Phi) is 2.21. The molecule has 2 heterocycles. The predicted molar refractivity (Wildman–Crippen MR) is 66.8 cm³/mol. The third-order valence-corrected chi connectivity index (χ3v) is 5.77. The summed E-state index contributed by atoms with van der Waals surface area (Å²) in [6.45, 7) is 1.33. The SMILES string of the molecule is O=C1CC2CCCC(C1)N2CC1(C2CC2)CC1. The minimum Gasteiger partial charge on any atom is -0.300 e. The van der Waals surface area contributed by atoms with Gasteiger partial charge in [0.15, 0.2) is 0 Å². The van der Waals surface area contributed by atoms with Crippen molar-refractivity contribution in [1.29, 1.82) is 0 Å². The van der Waals surface area contributed by atoms with Gasteiger partial charge in [0.1, 0.15) is 5.78 Å². The summed E-state index contributed by atoms with van der Waals surface area (Å²) in [6.07, 6.45) is 11.6. The number of carbonyl (C=O) groups excluding carboxylic acids is 1. The summed E-state index contributed by atoms with van der Waals surface area (Å²) in [6, 6.07) is 1.23. The first-order valence-electron chi connectivity index (χ1n) is 7.54. The number of piperidine rings is 2. The van der Waals surface area contributed by atoms with Crippen molar-refractivity contribution in [3.05, 3.63) is 0 Å². The van der Waals surface area contributed by atoms with E-state index in [1.807, 2.05) is 0 Å². The van der Waals surface area contributed by atoms with Crippen molar-refractivity contribution in [2.24, 2.45) is 11.3 Å². The summed E-state index contributed by atoms with van der Waals surface area (Å²) < 4.78 is 0. The van der Waals surface area contributed by atoms with Gasteiger partial charge in [0.05, 0.1) is 0 Å². The number of rotatable bonds is 3. The zero-order valence-corrected chi connectivity index (χ0v) is 10.7. The zero-order chi connectivity index (χ0) is 11.5. The second-order valence-corrected chi connectivity index (χ2v) is 6.99. The van der Waals surface area contributed by atoms with Crippen LogP contribution in [0.15, 0.2) is 0 Å². The Hall–Kier alpha value is -0.370. The van der Waals surface area contributed by atoms with Crippen LogP contribution in [0.25, 0.3) is 0 Å². The highest BCUT2D eigenvalue weighted by molar-refractivity contribution is 5.80. The molecule has 0 N–H and O–H groups in total. The summed E-state index contributed by atoms with van der Waals surface area (Å²) in [5, 5.41) is 0. The fraction of sp³-hybridized carbons (Fsp3) is 0.933. The van der Waals surface area contributed by atoms with Crippen molar-refractivity contribution in [2.75, 3.05) is 6.54 Å². The Labute approximate surface area is 104 Å². The molecule has 2 aliphatic heterocycles. The van der Waals surface area contributed by atoms with Gasteiger partial charge in [-0.2, -0.15) is 0 Å². The van der Waals surface area contributed by atoms with Crippen LogP contribution in [0, 0.1) is 11.3 Å². The molecule has 0 aromatic carbocycles. The third-order valence-electron chi connectivity index (χ3n) is 5.77. The van der Waals surface area contributed by atoms with E-state index in [0.29, 0.717) is 23.3 Å². The number of fused-ring (bicyclic) bond motifs is 2. The number of Topliss-reactive ketones (excluding diaryl/α,β-unsaturated/α-hetero) is 1. The van der Waals surface area contributed by atoms with Crippen LogP contribution in [-0.2, 0) is 4.79 Å². The molecule has 94 valence electrons. The van der Waals surface area contributed by atoms with E-state index < -0.39 is 0 Å². The average molecular weight is 233 g/mol. The second-order valence-electron chi connectivity index (χ2n) is 6.99. The summed E-state index contributed by atoms with van der Waals surface area (Å²) in [4.78, 5) is 14.5. The fourth-order valence-corrected chi connectivity index (χ4v) is 4.44. The second kappa shape index (κ2) is 3.57. The summed E-state index contributed by atoms with van der Waals surface area (Å²) in [5.74, 6) is 1.59. The van der Waals surface area contributed by atoms with Crippen molar-refractivity contribution in [2.45, 2.75) is 69.9 Å². The number of carbonyl (C=O) groups is 1. The van der Waals surface area contributed by atoms with E-state index in [1.54, 1.807) is 0 Å². The van der Waals surface area contributed by atoms with E-state index in [9.17, 15) is 4.79 Å². The molecule has 0 spiro atoms. The van der Waals surface area contributed by atoms with Crippen LogP contribution >= 0.6 is 0 Å². The molecule has 2 aliphatic carbocycles. The standard InChI is InChI=1S/C15H23NO/c17-14-8-12-2-1-3-13(9-14)16(12)10-15(6-7-15)11-4-5-11/h11-13H,1-10H2. The molecule has 2 heteroatoms. The summed E-state index contributed by atoms with van der Waals surface area (Å²) >= 11 is 0. The molecule has 2 nitrogen and oxygen atoms in total. The summed E-state index contributed by atoms with van der Waals surface area (Å²) in [7, 11) is 0.